The molecule has 2 aromatic heterocycles. The maximum atomic E-state index is 13.2. The lowest BCUT2D eigenvalue weighted by molar-refractivity contribution is 0.0447. The number of aliphatic hydroxyl groups is 2. The molecule has 2 aliphatic heterocycles. The van der Waals surface area contributed by atoms with Crippen LogP contribution in [-0.4, -0.2) is 62.1 Å². The van der Waals surface area contributed by atoms with Gasteiger partial charge in [0.1, 0.15) is 16.9 Å². The van der Waals surface area contributed by atoms with E-state index in [1.165, 1.54) is 6.20 Å². The molecule has 1 aromatic carbocycles. The first kappa shape index (κ1) is 20.7. The van der Waals surface area contributed by atoms with Gasteiger partial charge in [-0.3, -0.25) is 4.79 Å². The number of carbonyl (C=O) groups excluding carboxylic acids is 1. The first-order valence-corrected chi connectivity index (χ1v) is 11.0. The number of amides is 1. The van der Waals surface area contributed by atoms with E-state index in [0.717, 1.165) is 36.4 Å². The van der Waals surface area contributed by atoms with Gasteiger partial charge in [0.15, 0.2) is 5.65 Å². The lowest BCUT2D eigenvalue weighted by Gasteiger charge is -2.26. The fourth-order valence-electron chi connectivity index (χ4n) is 4.50. The predicted molar refractivity (Wildman–Crippen MR) is 119 cm³/mol. The number of carbonyl (C=O) groups is 1. The van der Waals surface area contributed by atoms with Crippen molar-refractivity contribution < 1.29 is 19.7 Å². The largest absolute Gasteiger partial charge is 0.484 e. The van der Waals surface area contributed by atoms with Gasteiger partial charge in [-0.1, -0.05) is 0 Å². The third-order valence-electron chi connectivity index (χ3n) is 6.24. The molecule has 9 nitrogen and oxygen atoms in total. The van der Waals surface area contributed by atoms with E-state index >= 15 is 0 Å². The molecule has 0 bridgehead atoms. The number of aliphatic hydroxyl groups excluding tert-OH is 2. The molecule has 1 fully saturated rings. The number of rotatable bonds is 4. The number of nitrogens with one attached hydrogen (secondary N) is 1. The highest BCUT2D eigenvalue weighted by molar-refractivity contribution is 6.09. The molecule has 2 atom stereocenters. The van der Waals surface area contributed by atoms with E-state index in [4.69, 9.17) is 4.74 Å². The minimum absolute atomic E-state index is 0.0946. The van der Waals surface area contributed by atoms with Crippen LogP contribution in [0, 0.1) is 0 Å². The third-order valence-corrected chi connectivity index (χ3v) is 6.24. The zero-order chi connectivity index (χ0) is 22.3. The van der Waals surface area contributed by atoms with E-state index in [0.29, 0.717) is 36.3 Å². The maximum Gasteiger partial charge on any atom is 0.261 e. The summed E-state index contributed by atoms with van der Waals surface area (Å²) < 4.78 is 7.62. The molecular weight excluding hydrogens is 410 g/mol. The summed E-state index contributed by atoms with van der Waals surface area (Å²) in [6, 6.07) is 5.63. The summed E-state index contributed by atoms with van der Waals surface area (Å²) in [5, 5.41) is 27.1. The van der Waals surface area contributed by atoms with Crippen LogP contribution in [0.2, 0.25) is 0 Å². The number of ether oxygens (including phenoxy) is 1. The average molecular weight is 438 g/mol. The van der Waals surface area contributed by atoms with Gasteiger partial charge in [-0.05, 0) is 38.3 Å². The van der Waals surface area contributed by atoms with Crippen LogP contribution in [0.25, 0.3) is 5.65 Å². The smallest absolute Gasteiger partial charge is 0.261 e. The molecule has 0 radical (unpaired) electrons. The van der Waals surface area contributed by atoms with Gasteiger partial charge in [0.25, 0.3) is 5.91 Å². The van der Waals surface area contributed by atoms with Crippen LogP contribution in [0.4, 0.5) is 11.4 Å². The molecule has 0 aliphatic carbocycles. The van der Waals surface area contributed by atoms with Gasteiger partial charge in [-0.2, -0.15) is 5.10 Å². The number of benzene rings is 1. The Kier molecular flexibility index (Phi) is 5.22. The van der Waals surface area contributed by atoms with Crippen molar-refractivity contribution >= 4 is 22.9 Å². The molecule has 2 aliphatic rings. The summed E-state index contributed by atoms with van der Waals surface area (Å²) >= 11 is 0. The highest BCUT2D eigenvalue weighted by atomic mass is 16.5. The summed E-state index contributed by atoms with van der Waals surface area (Å²) in [6.45, 7) is 3.23. The van der Waals surface area contributed by atoms with Crippen LogP contribution in [0.1, 0.15) is 42.1 Å². The predicted octanol–water partition coefficient (Wildman–Crippen LogP) is 2.02. The van der Waals surface area contributed by atoms with E-state index in [-0.39, 0.29) is 18.6 Å². The second-order valence-electron chi connectivity index (χ2n) is 8.84. The van der Waals surface area contributed by atoms with Gasteiger partial charge >= 0.3 is 0 Å². The van der Waals surface area contributed by atoms with E-state index in [1.807, 2.05) is 19.1 Å². The van der Waals surface area contributed by atoms with Crippen molar-refractivity contribution in [2.75, 3.05) is 29.9 Å². The quantitative estimate of drug-likeness (QED) is 0.572. The molecule has 5 rings (SSSR count). The zero-order valence-electron chi connectivity index (χ0n) is 18.0. The van der Waals surface area contributed by atoms with Crippen LogP contribution < -0.4 is 15.0 Å². The second-order valence-corrected chi connectivity index (χ2v) is 8.84. The van der Waals surface area contributed by atoms with E-state index in [1.54, 1.807) is 23.0 Å². The Morgan fingerprint density at radius 3 is 3.06 bits per heavy atom. The highest BCUT2D eigenvalue weighted by Gasteiger charge is 2.36. The monoisotopic (exact) mass is 437 g/mol. The molecule has 0 spiro atoms. The Morgan fingerprint density at radius 2 is 2.22 bits per heavy atom. The topological polar surface area (TPSA) is 112 Å². The minimum Gasteiger partial charge on any atom is -0.484 e. The lowest BCUT2D eigenvalue weighted by atomic mass is 9.99. The Labute approximate surface area is 185 Å². The van der Waals surface area contributed by atoms with Crippen molar-refractivity contribution in [2.24, 2.45) is 0 Å². The summed E-state index contributed by atoms with van der Waals surface area (Å²) in [4.78, 5) is 19.7. The van der Waals surface area contributed by atoms with Crippen molar-refractivity contribution in [1.82, 2.24) is 14.6 Å². The Bertz CT molecular complexity index is 1160. The molecular formula is C23H27N5O4. The van der Waals surface area contributed by atoms with Gasteiger partial charge in [-0.25, -0.2) is 9.50 Å². The first-order chi connectivity index (χ1) is 15.5. The van der Waals surface area contributed by atoms with Crippen LogP contribution in [0.5, 0.6) is 5.75 Å². The van der Waals surface area contributed by atoms with Gasteiger partial charge < -0.3 is 25.2 Å². The molecule has 1 amide bonds. The summed E-state index contributed by atoms with van der Waals surface area (Å²) in [7, 11) is 0. The standard InChI is InChI=1S/C23H27N5O4/c1-23(14-29)12-15-10-18(26-22(31)17-13-25-28-8-3-6-24-21(17)28)19(11-20(15)32-23)27-7-2-4-16(30)5-9-27/h3,6,8,10-11,13,16,29-30H,2,4-5,7,9,12,14H2,1H3,(H,26,31)/t16-,23-/m1/s1. The van der Waals surface area contributed by atoms with Gasteiger partial charge in [-0.15, -0.1) is 0 Å². The van der Waals surface area contributed by atoms with Gasteiger partial charge in [0.2, 0.25) is 0 Å². The zero-order valence-corrected chi connectivity index (χ0v) is 18.0. The molecule has 4 heterocycles. The number of hydrogen-bond acceptors (Lipinski definition) is 7. The van der Waals surface area contributed by atoms with Crippen LogP contribution in [-0.2, 0) is 6.42 Å². The van der Waals surface area contributed by atoms with E-state index in [2.05, 4.69) is 20.3 Å². The lowest BCUT2D eigenvalue weighted by Crippen LogP contribution is -2.34. The van der Waals surface area contributed by atoms with Crippen molar-refractivity contribution in [3.05, 3.63) is 47.9 Å². The third kappa shape index (κ3) is 3.78. The number of aromatic nitrogens is 3. The maximum absolute atomic E-state index is 13.2. The average Bonchev–Trinajstić information content (AvgIpc) is 3.28. The molecule has 1 saturated heterocycles. The first-order valence-electron chi connectivity index (χ1n) is 11.0. The molecule has 9 heteroatoms. The number of anilines is 2. The SMILES string of the molecule is C[C@]1(CO)Cc2cc(NC(=O)c3cnn4cccnc34)c(N3CCC[C@@H](O)CC3)cc2O1. The fraction of sp³-hybridized carbons (Fsp3) is 0.435. The van der Waals surface area contributed by atoms with Crippen LogP contribution in [0.15, 0.2) is 36.8 Å². The Morgan fingerprint density at radius 1 is 1.34 bits per heavy atom. The fourth-order valence-corrected chi connectivity index (χ4v) is 4.50. The molecule has 0 saturated carbocycles. The van der Waals surface area contributed by atoms with Crippen molar-refractivity contribution in [1.29, 1.82) is 0 Å². The normalized spacial score (nSPS) is 23.0. The molecule has 3 N–H and O–H groups in total. The summed E-state index contributed by atoms with van der Waals surface area (Å²) in [6.07, 6.45) is 7.41. The van der Waals surface area contributed by atoms with Crippen molar-refractivity contribution in [2.45, 2.75) is 44.3 Å². The molecule has 168 valence electrons. The second kappa shape index (κ2) is 8.07. The summed E-state index contributed by atoms with van der Waals surface area (Å²) in [5.41, 5.74) is 2.66. The van der Waals surface area contributed by atoms with Crippen LogP contribution >= 0.6 is 0 Å². The molecule has 32 heavy (non-hydrogen) atoms. The van der Waals surface area contributed by atoms with E-state index < -0.39 is 5.60 Å². The Balaban J connectivity index is 1.51. The van der Waals surface area contributed by atoms with E-state index in [9.17, 15) is 15.0 Å². The van der Waals surface area contributed by atoms with Crippen molar-refractivity contribution in [3.8, 4) is 5.75 Å². The Hall–Kier alpha value is -3.17. The van der Waals surface area contributed by atoms with Gasteiger partial charge in [0, 0.05) is 43.5 Å². The van der Waals surface area contributed by atoms with Crippen LogP contribution in [0.3, 0.4) is 0 Å². The summed E-state index contributed by atoms with van der Waals surface area (Å²) in [5.74, 6) is 0.426. The highest BCUT2D eigenvalue weighted by Crippen LogP contribution is 2.42. The number of nitrogens with zero attached hydrogens (tertiary/aromatic N) is 4. The number of fused-ring (bicyclic) bond motifs is 2. The van der Waals surface area contributed by atoms with Gasteiger partial charge in [0.05, 0.1) is 30.3 Å². The van der Waals surface area contributed by atoms with Crippen molar-refractivity contribution in [3.63, 3.8) is 0 Å². The number of hydrogen-bond donors (Lipinski definition) is 3. The minimum atomic E-state index is -0.677. The molecule has 0 unspecified atom stereocenters. The molecule has 3 aromatic rings.